The standard InChI is InChI=1S/C7H14O4/c8-6(9)2-3-7-10-4-1-5-11-7/h6-9H,1-5H2. The lowest BCUT2D eigenvalue weighted by atomic mass is 10.3. The minimum absolute atomic E-state index is 0.231. The monoisotopic (exact) mass is 162 g/mol. The Balaban J connectivity index is 2.05. The van der Waals surface area contributed by atoms with Gasteiger partial charge in [-0.1, -0.05) is 0 Å². The van der Waals surface area contributed by atoms with Crippen LogP contribution in [-0.2, 0) is 9.47 Å². The summed E-state index contributed by atoms with van der Waals surface area (Å²) in [4.78, 5) is 0. The maximum absolute atomic E-state index is 8.53. The van der Waals surface area contributed by atoms with Gasteiger partial charge in [-0.25, -0.2) is 0 Å². The van der Waals surface area contributed by atoms with Crippen molar-refractivity contribution >= 4 is 0 Å². The highest BCUT2D eigenvalue weighted by atomic mass is 16.7. The summed E-state index contributed by atoms with van der Waals surface area (Å²) in [6.07, 6.45) is 0.315. The molecule has 0 aliphatic carbocycles. The number of ether oxygens (including phenoxy) is 2. The fourth-order valence-corrected chi connectivity index (χ4v) is 0.988. The molecule has 4 nitrogen and oxygen atoms in total. The van der Waals surface area contributed by atoms with Gasteiger partial charge in [0.25, 0.3) is 0 Å². The highest BCUT2D eigenvalue weighted by molar-refractivity contribution is 4.52. The fourth-order valence-electron chi connectivity index (χ4n) is 0.988. The van der Waals surface area contributed by atoms with Gasteiger partial charge in [0.1, 0.15) is 0 Å². The van der Waals surface area contributed by atoms with E-state index in [1.54, 1.807) is 0 Å². The number of rotatable bonds is 3. The van der Waals surface area contributed by atoms with Crippen LogP contribution in [0.1, 0.15) is 19.3 Å². The summed E-state index contributed by atoms with van der Waals surface area (Å²) in [7, 11) is 0. The molecule has 0 aromatic heterocycles. The molecule has 1 heterocycles. The zero-order valence-electron chi connectivity index (χ0n) is 6.40. The van der Waals surface area contributed by atoms with Crippen LogP contribution in [0.15, 0.2) is 0 Å². The molecular weight excluding hydrogens is 148 g/mol. The molecule has 1 fully saturated rings. The lowest BCUT2D eigenvalue weighted by Gasteiger charge is -2.23. The van der Waals surface area contributed by atoms with Crippen LogP contribution >= 0.6 is 0 Å². The van der Waals surface area contributed by atoms with Crippen LogP contribution in [0.3, 0.4) is 0 Å². The van der Waals surface area contributed by atoms with Crippen molar-refractivity contribution in [1.29, 1.82) is 0 Å². The van der Waals surface area contributed by atoms with E-state index in [1.165, 1.54) is 0 Å². The lowest BCUT2D eigenvalue weighted by molar-refractivity contribution is -0.188. The minimum Gasteiger partial charge on any atom is -0.368 e. The molecule has 0 unspecified atom stereocenters. The molecule has 1 aliphatic rings. The second-order valence-electron chi connectivity index (χ2n) is 2.58. The Morgan fingerprint density at radius 1 is 1.27 bits per heavy atom. The largest absolute Gasteiger partial charge is 0.368 e. The normalized spacial score (nSPS) is 21.0. The minimum atomic E-state index is -1.25. The van der Waals surface area contributed by atoms with E-state index in [1.807, 2.05) is 0 Å². The van der Waals surface area contributed by atoms with Crippen molar-refractivity contribution in [3.05, 3.63) is 0 Å². The van der Waals surface area contributed by atoms with Crippen molar-refractivity contribution in [2.45, 2.75) is 31.8 Å². The van der Waals surface area contributed by atoms with Crippen molar-refractivity contribution in [1.82, 2.24) is 0 Å². The molecule has 0 aromatic carbocycles. The van der Waals surface area contributed by atoms with Gasteiger partial charge in [0.2, 0.25) is 0 Å². The summed E-state index contributed by atoms with van der Waals surface area (Å²) in [6.45, 7) is 1.43. The lowest BCUT2D eigenvalue weighted by Crippen LogP contribution is -2.25. The predicted molar refractivity (Wildman–Crippen MR) is 37.8 cm³/mol. The molecule has 1 aliphatic heterocycles. The average molecular weight is 162 g/mol. The number of aliphatic hydroxyl groups is 2. The number of hydrogen-bond acceptors (Lipinski definition) is 4. The maximum atomic E-state index is 8.53. The third-order valence-electron chi connectivity index (χ3n) is 1.56. The third-order valence-corrected chi connectivity index (χ3v) is 1.56. The summed E-state index contributed by atoms with van der Waals surface area (Å²) in [6, 6.07) is 0. The van der Waals surface area contributed by atoms with Gasteiger partial charge in [-0.05, 0) is 6.42 Å². The Kier molecular flexibility index (Phi) is 3.79. The molecule has 1 saturated heterocycles. The summed E-state index contributed by atoms with van der Waals surface area (Å²) in [5.74, 6) is 0. The first-order chi connectivity index (χ1) is 5.29. The molecule has 11 heavy (non-hydrogen) atoms. The molecule has 0 atom stereocenters. The van der Waals surface area contributed by atoms with Gasteiger partial charge >= 0.3 is 0 Å². The fraction of sp³-hybridized carbons (Fsp3) is 1.00. The van der Waals surface area contributed by atoms with Gasteiger partial charge in [0.15, 0.2) is 12.6 Å². The average Bonchev–Trinajstić information content (AvgIpc) is 2.03. The molecule has 4 heteroatoms. The molecule has 1 rings (SSSR count). The van der Waals surface area contributed by atoms with E-state index in [9.17, 15) is 0 Å². The van der Waals surface area contributed by atoms with Crippen LogP contribution in [0.2, 0.25) is 0 Å². The van der Waals surface area contributed by atoms with Crippen LogP contribution < -0.4 is 0 Å². The van der Waals surface area contributed by atoms with Gasteiger partial charge in [-0.2, -0.15) is 0 Å². The van der Waals surface area contributed by atoms with Crippen LogP contribution in [0.4, 0.5) is 0 Å². The Labute approximate surface area is 65.7 Å². The summed E-state index contributed by atoms with van der Waals surface area (Å²) < 4.78 is 10.4. The van der Waals surface area contributed by atoms with Gasteiger partial charge in [0.05, 0.1) is 13.2 Å². The van der Waals surface area contributed by atoms with Crippen molar-refractivity contribution in [3.8, 4) is 0 Å². The number of hydrogen-bond donors (Lipinski definition) is 2. The number of aliphatic hydroxyl groups excluding tert-OH is 1. The Morgan fingerprint density at radius 3 is 2.45 bits per heavy atom. The maximum Gasteiger partial charge on any atom is 0.157 e. The summed E-state index contributed by atoms with van der Waals surface area (Å²) in [5, 5.41) is 17.1. The first-order valence-corrected chi connectivity index (χ1v) is 3.88. The summed E-state index contributed by atoms with van der Waals surface area (Å²) in [5.41, 5.74) is 0. The molecule has 66 valence electrons. The smallest absolute Gasteiger partial charge is 0.157 e. The topological polar surface area (TPSA) is 58.9 Å². The molecule has 0 spiro atoms. The molecule has 0 radical (unpaired) electrons. The molecular formula is C7H14O4. The van der Waals surface area contributed by atoms with Crippen LogP contribution in [-0.4, -0.2) is 36.0 Å². The van der Waals surface area contributed by atoms with Crippen molar-refractivity contribution < 1.29 is 19.7 Å². The first-order valence-electron chi connectivity index (χ1n) is 3.88. The van der Waals surface area contributed by atoms with Crippen molar-refractivity contribution in [2.24, 2.45) is 0 Å². The predicted octanol–water partition coefficient (Wildman–Crippen LogP) is -0.160. The Bertz CT molecular complexity index is 98.6. The van der Waals surface area contributed by atoms with Gasteiger partial charge < -0.3 is 19.7 Å². The zero-order valence-corrected chi connectivity index (χ0v) is 6.40. The van der Waals surface area contributed by atoms with Crippen LogP contribution in [0, 0.1) is 0 Å². The Morgan fingerprint density at radius 2 is 1.91 bits per heavy atom. The van der Waals surface area contributed by atoms with E-state index in [4.69, 9.17) is 19.7 Å². The van der Waals surface area contributed by atoms with E-state index in [-0.39, 0.29) is 6.29 Å². The van der Waals surface area contributed by atoms with Crippen LogP contribution in [0.5, 0.6) is 0 Å². The van der Waals surface area contributed by atoms with E-state index in [2.05, 4.69) is 0 Å². The SMILES string of the molecule is OC(O)CCC1OCCCO1. The van der Waals surface area contributed by atoms with E-state index >= 15 is 0 Å². The van der Waals surface area contributed by atoms with E-state index in [0.717, 1.165) is 6.42 Å². The van der Waals surface area contributed by atoms with E-state index in [0.29, 0.717) is 26.1 Å². The quantitative estimate of drug-likeness (QED) is 0.566. The molecule has 0 amide bonds. The van der Waals surface area contributed by atoms with Gasteiger partial charge in [0, 0.05) is 12.8 Å². The highest BCUT2D eigenvalue weighted by Crippen LogP contribution is 2.10. The summed E-state index contributed by atoms with van der Waals surface area (Å²) >= 11 is 0. The molecule has 0 aromatic rings. The van der Waals surface area contributed by atoms with Crippen molar-refractivity contribution in [2.75, 3.05) is 13.2 Å². The highest BCUT2D eigenvalue weighted by Gasteiger charge is 2.14. The zero-order chi connectivity index (χ0) is 8.10. The first kappa shape index (κ1) is 8.93. The third kappa shape index (κ3) is 3.67. The molecule has 0 bridgehead atoms. The van der Waals surface area contributed by atoms with Gasteiger partial charge in [-0.3, -0.25) is 0 Å². The second kappa shape index (κ2) is 4.66. The van der Waals surface area contributed by atoms with E-state index < -0.39 is 6.29 Å². The molecule has 2 N–H and O–H groups in total. The van der Waals surface area contributed by atoms with Gasteiger partial charge in [-0.15, -0.1) is 0 Å². The van der Waals surface area contributed by atoms with Crippen LogP contribution in [0.25, 0.3) is 0 Å². The Hall–Kier alpha value is -0.160. The van der Waals surface area contributed by atoms with Crippen molar-refractivity contribution in [3.63, 3.8) is 0 Å². The molecule has 0 saturated carbocycles. The second-order valence-corrected chi connectivity index (χ2v) is 2.58.